The van der Waals surface area contributed by atoms with Gasteiger partial charge in [0.25, 0.3) is 5.91 Å². The van der Waals surface area contributed by atoms with Crippen LogP contribution in [0, 0.1) is 17.7 Å². The van der Waals surface area contributed by atoms with E-state index in [2.05, 4.69) is 28.4 Å². The second-order valence-corrected chi connectivity index (χ2v) is 13.9. The van der Waals surface area contributed by atoms with Crippen molar-refractivity contribution in [2.75, 3.05) is 45.2 Å². The molecule has 7 rings (SSSR count). The van der Waals surface area contributed by atoms with Gasteiger partial charge >= 0.3 is 12.2 Å². The first-order valence-corrected chi connectivity index (χ1v) is 16.9. The normalized spacial score (nSPS) is 21.7. The molecule has 4 aliphatic heterocycles. The summed E-state index contributed by atoms with van der Waals surface area (Å²) in [4.78, 5) is 28.1. The van der Waals surface area contributed by atoms with E-state index in [1.807, 2.05) is 4.90 Å². The number of aromatic hydroxyl groups is 1. The molecule has 0 bridgehead atoms. The number of nitrogens with zero attached hydrogens (tertiary/aromatic N) is 7. The number of alkyl halides is 3. The fraction of sp³-hybridized carbons (Fsp3) is 0.500. The quantitative estimate of drug-likeness (QED) is 0.215. The highest BCUT2D eigenvalue weighted by molar-refractivity contribution is 5.92. The number of benzene rings is 1. The molecule has 0 saturated carbocycles. The van der Waals surface area contributed by atoms with Gasteiger partial charge in [-0.1, -0.05) is 18.1 Å². The van der Waals surface area contributed by atoms with Gasteiger partial charge in [0, 0.05) is 56.8 Å². The van der Waals surface area contributed by atoms with Crippen molar-refractivity contribution in [3.63, 3.8) is 0 Å². The molecule has 4 aliphatic rings. The van der Waals surface area contributed by atoms with Gasteiger partial charge in [0.2, 0.25) is 0 Å². The van der Waals surface area contributed by atoms with Gasteiger partial charge in [0.1, 0.15) is 12.4 Å². The smallest absolute Gasteiger partial charge is 0.418 e. The number of hydrogen-bond acceptors (Lipinski definition) is 9. The standard InChI is InChI=1S/C36H39F4N7O4/c1-5-8-22-13-27(48)31(37)29(30(22)36(38,39)40)28-15-25-24(19-50-28)32(42-34(41-25)51-20-35-9-6-11-46(35)17-21(2)16-35)45-10-7-12-47-23(18-45)14-26(43-47)33(49)44(3)4/h13-14,28,48H,2,6-7,9-12,15-20H2,1,3-4H3/t28-,35+/m1/s1. The second-order valence-electron chi connectivity index (χ2n) is 13.9. The van der Waals surface area contributed by atoms with Crippen LogP contribution in [0.5, 0.6) is 11.8 Å². The van der Waals surface area contributed by atoms with E-state index >= 15 is 4.39 Å². The van der Waals surface area contributed by atoms with Crippen molar-refractivity contribution in [2.24, 2.45) is 0 Å². The number of phenols is 1. The average molecular weight is 710 g/mol. The van der Waals surface area contributed by atoms with E-state index < -0.39 is 40.5 Å². The number of aromatic nitrogens is 4. The highest BCUT2D eigenvalue weighted by Gasteiger charge is 2.47. The van der Waals surface area contributed by atoms with Crippen LogP contribution in [0.1, 0.15) is 82.8 Å². The van der Waals surface area contributed by atoms with Gasteiger partial charge in [-0.2, -0.15) is 28.2 Å². The second kappa shape index (κ2) is 13.1. The molecule has 2 fully saturated rings. The molecule has 11 nitrogen and oxygen atoms in total. The number of anilines is 1. The lowest BCUT2D eigenvalue weighted by Gasteiger charge is -2.33. The Morgan fingerprint density at radius 3 is 2.75 bits per heavy atom. The number of ether oxygens (including phenoxy) is 2. The first kappa shape index (κ1) is 34.8. The van der Waals surface area contributed by atoms with Crippen molar-refractivity contribution >= 4 is 11.7 Å². The first-order valence-electron chi connectivity index (χ1n) is 16.9. The van der Waals surface area contributed by atoms with Crippen LogP contribution >= 0.6 is 0 Å². The minimum absolute atomic E-state index is 0.0503. The van der Waals surface area contributed by atoms with Gasteiger partial charge in [-0.3, -0.25) is 14.4 Å². The molecule has 2 atom stereocenters. The van der Waals surface area contributed by atoms with E-state index in [-0.39, 0.29) is 30.5 Å². The lowest BCUT2D eigenvalue weighted by atomic mass is 9.91. The van der Waals surface area contributed by atoms with Crippen LogP contribution in [-0.4, -0.2) is 86.4 Å². The predicted octanol–water partition coefficient (Wildman–Crippen LogP) is 5.01. The zero-order valence-corrected chi connectivity index (χ0v) is 28.7. The van der Waals surface area contributed by atoms with Gasteiger partial charge in [0.05, 0.1) is 41.7 Å². The van der Waals surface area contributed by atoms with Crippen LogP contribution in [0.4, 0.5) is 23.4 Å². The number of carbonyl (C=O) groups excluding carboxylic acids is 1. The molecule has 0 spiro atoms. The average Bonchev–Trinajstić information content (AvgIpc) is 3.70. The van der Waals surface area contributed by atoms with Crippen LogP contribution in [-0.2, 0) is 37.0 Å². The molecular formula is C36H39F4N7O4. The van der Waals surface area contributed by atoms with E-state index in [1.54, 1.807) is 24.8 Å². The Morgan fingerprint density at radius 2 is 2.00 bits per heavy atom. The molecular weight excluding hydrogens is 670 g/mol. The Hall–Kier alpha value is -4.68. The van der Waals surface area contributed by atoms with Crippen LogP contribution < -0.4 is 9.64 Å². The summed E-state index contributed by atoms with van der Waals surface area (Å²) in [6, 6.07) is 2.49. The molecule has 1 aromatic carbocycles. The summed E-state index contributed by atoms with van der Waals surface area (Å²) in [6.45, 7) is 8.78. The third-order valence-corrected chi connectivity index (χ3v) is 10.1. The van der Waals surface area contributed by atoms with Crippen molar-refractivity contribution in [1.29, 1.82) is 0 Å². The summed E-state index contributed by atoms with van der Waals surface area (Å²) >= 11 is 0. The maximum atomic E-state index is 15.6. The summed E-state index contributed by atoms with van der Waals surface area (Å²) in [5.41, 5.74) is 0.204. The number of halogens is 4. The summed E-state index contributed by atoms with van der Waals surface area (Å²) in [6.07, 6.45) is -3.29. The van der Waals surface area contributed by atoms with E-state index in [9.17, 15) is 23.1 Å². The van der Waals surface area contributed by atoms with Gasteiger partial charge in [-0.05, 0) is 51.3 Å². The SMILES string of the molecule is C=C1CN2CCC[C@@]2(COc2nc3c(c(N4CCCn5nc(C(=O)N(C)C)cc5C4)n2)CO[C@@H](c2c(F)c(O)cc(C#CC)c2C(F)(F)F)C3)C1. The van der Waals surface area contributed by atoms with Crippen molar-refractivity contribution in [2.45, 2.75) is 76.5 Å². The molecule has 270 valence electrons. The van der Waals surface area contributed by atoms with Gasteiger partial charge in [0.15, 0.2) is 17.3 Å². The molecule has 0 unspecified atom stereocenters. The zero-order chi connectivity index (χ0) is 36.2. The van der Waals surface area contributed by atoms with E-state index in [0.29, 0.717) is 61.5 Å². The molecule has 1 amide bonds. The number of amides is 1. The Kier molecular flexibility index (Phi) is 8.95. The Balaban J connectivity index is 1.29. The van der Waals surface area contributed by atoms with Crippen molar-refractivity contribution in [1.82, 2.24) is 29.5 Å². The lowest BCUT2D eigenvalue weighted by molar-refractivity contribution is -0.140. The van der Waals surface area contributed by atoms with E-state index in [1.165, 1.54) is 11.8 Å². The van der Waals surface area contributed by atoms with E-state index in [0.717, 1.165) is 43.6 Å². The molecule has 0 aliphatic carbocycles. The summed E-state index contributed by atoms with van der Waals surface area (Å²) in [5, 5.41) is 14.9. The third-order valence-electron chi connectivity index (χ3n) is 10.1. The number of carbonyl (C=O) groups is 1. The number of phenolic OH excluding ortho intramolecular Hbond substituents is 1. The van der Waals surface area contributed by atoms with Crippen molar-refractivity contribution < 1.29 is 36.9 Å². The maximum Gasteiger partial charge on any atom is 0.418 e. The van der Waals surface area contributed by atoms with Crippen LogP contribution in [0.15, 0.2) is 24.3 Å². The fourth-order valence-corrected chi connectivity index (χ4v) is 7.87. The Labute approximate surface area is 292 Å². The van der Waals surface area contributed by atoms with Gasteiger partial charge < -0.3 is 24.4 Å². The Bertz CT molecular complexity index is 1970. The van der Waals surface area contributed by atoms with Crippen LogP contribution in [0.2, 0.25) is 0 Å². The predicted molar refractivity (Wildman–Crippen MR) is 178 cm³/mol. The largest absolute Gasteiger partial charge is 0.505 e. The van der Waals surface area contributed by atoms with Crippen molar-refractivity contribution in [3.05, 3.63) is 69.4 Å². The van der Waals surface area contributed by atoms with Crippen LogP contribution in [0.3, 0.4) is 0 Å². The number of hydrogen-bond donors (Lipinski definition) is 1. The number of fused-ring (bicyclic) bond motifs is 3. The summed E-state index contributed by atoms with van der Waals surface area (Å²) < 4.78 is 73.4. The molecule has 6 heterocycles. The fourth-order valence-electron chi connectivity index (χ4n) is 7.87. The molecule has 2 saturated heterocycles. The highest BCUT2D eigenvalue weighted by atomic mass is 19.4. The van der Waals surface area contributed by atoms with E-state index in [4.69, 9.17) is 19.4 Å². The molecule has 0 radical (unpaired) electrons. The highest BCUT2D eigenvalue weighted by Crippen LogP contribution is 2.46. The van der Waals surface area contributed by atoms with Gasteiger partial charge in [-0.25, -0.2) is 4.39 Å². The number of aryl methyl sites for hydroxylation is 1. The maximum absolute atomic E-state index is 15.6. The van der Waals surface area contributed by atoms with Crippen molar-refractivity contribution in [3.8, 4) is 23.6 Å². The molecule has 1 N–H and O–H groups in total. The third kappa shape index (κ3) is 6.40. The molecule has 2 aromatic heterocycles. The van der Waals surface area contributed by atoms with Gasteiger partial charge in [-0.15, -0.1) is 5.92 Å². The minimum Gasteiger partial charge on any atom is -0.505 e. The Morgan fingerprint density at radius 1 is 1.20 bits per heavy atom. The monoisotopic (exact) mass is 709 g/mol. The molecule has 15 heteroatoms. The van der Waals surface area contributed by atoms with Crippen LogP contribution in [0.25, 0.3) is 0 Å². The molecule has 51 heavy (non-hydrogen) atoms. The molecule has 3 aromatic rings. The zero-order valence-electron chi connectivity index (χ0n) is 28.7. The number of rotatable bonds is 6. The lowest BCUT2D eigenvalue weighted by Crippen LogP contribution is -2.43. The summed E-state index contributed by atoms with van der Waals surface area (Å²) in [5.74, 6) is 2.65. The minimum atomic E-state index is -4.99. The summed E-state index contributed by atoms with van der Waals surface area (Å²) in [7, 11) is 3.32. The first-order chi connectivity index (χ1) is 24.3. The topological polar surface area (TPSA) is 109 Å².